The summed E-state index contributed by atoms with van der Waals surface area (Å²) in [4.78, 5) is 24.7. The van der Waals surface area contributed by atoms with Gasteiger partial charge in [-0.1, -0.05) is 48.5 Å². The van der Waals surface area contributed by atoms with Crippen molar-refractivity contribution in [3.05, 3.63) is 84.1 Å². The molecular weight excluding hydrogens is 316 g/mol. The second-order valence-corrected chi connectivity index (χ2v) is 5.54. The molecule has 5 nitrogen and oxygen atoms in total. The zero-order valence-electron chi connectivity index (χ0n) is 13.2. The fourth-order valence-corrected chi connectivity index (χ4v) is 2.65. The number of hydrogen-bond donors (Lipinski definition) is 1. The minimum absolute atomic E-state index is 0.0396. The summed E-state index contributed by atoms with van der Waals surface area (Å²) in [6.45, 7) is 0. The molecule has 0 atom stereocenters. The van der Waals surface area contributed by atoms with Gasteiger partial charge < -0.3 is 4.42 Å². The van der Waals surface area contributed by atoms with Gasteiger partial charge in [-0.2, -0.15) is 0 Å². The molecule has 3 aromatic rings. The van der Waals surface area contributed by atoms with Gasteiger partial charge in [-0.05, 0) is 30.3 Å². The van der Waals surface area contributed by atoms with E-state index in [9.17, 15) is 9.59 Å². The van der Waals surface area contributed by atoms with E-state index in [1.54, 1.807) is 30.3 Å². The monoisotopic (exact) mass is 330 g/mol. The molecule has 2 amide bonds. The van der Waals surface area contributed by atoms with Crippen LogP contribution < -0.4 is 10.4 Å². The summed E-state index contributed by atoms with van der Waals surface area (Å²) in [5.74, 6) is 0.269. The maximum absolute atomic E-state index is 12.5. The predicted octanol–water partition coefficient (Wildman–Crippen LogP) is 3.41. The van der Waals surface area contributed by atoms with Crippen molar-refractivity contribution in [1.29, 1.82) is 0 Å². The first-order valence-corrected chi connectivity index (χ1v) is 7.80. The van der Waals surface area contributed by atoms with E-state index < -0.39 is 11.8 Å². The van der Waals surface area contributed by atoms with Gasteiger partial charge in [0, 0.05) is 5.56 Å². The highest BCUT2D eigenvalue weighted by Crippen LogP contribution is 2.25. The van der Waals surface area contributed by atoms with Gasteiger partial charge in [-0.25, -0.2) is 5.01 Å². The Bertz CT molecular complexity index is 959. The quantitative estimate of drug-likeness (QED) is 0.591. The zero-order chi connectivity index (χ0) is 17.2. The number of para-hydroxylation sites is 1. The molecule has 1 fully saturated rings. The standard InChI is InChI=1S/C20H14N2O3/c23-19-17(20(24)22(21-19)15-9-5-2-6-10-15)13-16-11-12-18(25-16)14-7-3-1-4-8-14/h1-13H,(H,21,23)/b17-13-. The molecular formula is C20H14N2O3. The molecule has 0 aliphatic carbocycles. The molecule has 0 bridgehead atoms. The lowest BCUT2D eigenvalue weighted by Gasteiger charge is -2.13. The van der Waals surface area contributed by atoms with Gasteiger partial charge in [-0.3, -0.25) is 15.0 Å². The highest BCUT2D eigenvalue weighted by Gasteiger charge is 2.34. The van der Waals surface area contributed by atoms with E-state index >= 15 is 0 Å². The summed E-state index contributed by atoms with van der Waals surface area (Å²) < 4.78 is 5.74. The lowest BCUT2D eigenvalue weighted by atomic mass is 10.2. The van der Waals surface area contributed by atoms with E-state index in [-0.39, 0.29) is 5.57 Å². The molecule has 2 heterocycles. The van der Waals surface area contributed by atoms with E-state index in [2.05, 4.69) is 5.43 Å². The molecule has 4 rings (SSSR count). The van der Waals surface area contributed by atoms with Crippen LogP contribution in [0.25, 0.3) is 17.4 Å². The summed E-state index contributed by atoms with van der Waals surface area (Å²) in [5.41, 5.74) is 4.14. The average Bonchev–Trinajstić information content (AvgIpc) is 3.23. The number of anilines is 1. The number of nitrogens with one attached hydrogen (secondary N) is 1. The van der Waals surface area contributed by atoms with E-state index in [1.165, 1.54) is 11.1 Å². The molecule has 1 saturated heterocycles. The maximum atomic E-state index is 12.5. The van der Waals surface area contributed by atoms with Crippen LogP contribution >= 0.6 is 0 Å². The first kappa shape index (κ1) is 15.0. The number of carbonyl (C=O) groups excluding carboxylic acids is 2. The van der Waals surface area contributed by atoms with Gasteiger partial charge in [0.1, 0.15) is 17.1 Å². The molecule has 25 heavy (non-hydrogen) atoms. The van der Waals surface area contributed by atoms with Gasteiger partial charge in [-0.15, -0.1) is 0 Å². The molecule has 1 N–H and O–H groups in total. The Morgan fingerprint density at radius 2 is 1.52 bits per heavy atom. The van der Waals surface area contributed by atoms with E-state index in [4.69, 9.17) is 4.42 Å². The largest absolute Gasteiger partial charge is 0.457 e. The normalized spacial score (nSPS) is 15.7. The molecule has 0 unspecified atom stereocenters. The summed E-state index contributed by atoms with van der Waals surface area (Å²) >= 11 is 0. The number of hydrogen-bond acceptors (Lipinski definition) is 3. The van der Waals surface area contributed by atoms with Crippen molar-refractivity contribution in [2.45, 2.75) is 0 Å². The number of nitrogens with zero attached hydrogens (tertiary/aromatic N) is 1. The lowest BCUT2D eigenvalue weighted by Crippen LogP contribution is -2.35. The van der Waals surface area contributed by atoms with E-state index in [0.29, 0.717) is 17.2 Å². The van der Waals surface area contributed by atoms with Gasteiger partial charge in [0.15, 0.2) is 0 Å². The average molecular weight is 330 g/mol. The second-order valence-electron chi connectivity index (χ2n) is 5.54. The van der Waals surface area contributed by atoms with Crippen LogP contribution in [0.5, 0.6) is 0 Å². The van der Waals surface area contributed by atoms with Crippen molar-refractivity contribution in [1.82, 2.24) is 5.43 Å². The summed E-state index contributed by atoms with van der Waals surface area (Å²) in [5, 5.41) is 1.23. The number of rotatable bonds is 3. The first-order valence-electron chi connectivity index (χ1n) is 7.80. The van der Waals surface area contributed by atoms with Crippen molar-refractivity contribution in [3.63, 3.8) is 0 Å². The number of carbonyl (C=O) groups is 2. The topological polar surface area (TPSA) is 62.6 Å². The van der Waals surface area contributed by atoms with E-state index in [1.807, 2.05) is 42.5 Å². The fourth-order valence-electron chi connectivity index (χ4n) is 2.65. The van der Waals surface area contributed by atoms with E-state index in [0.717, 1.165) is 5.56 Å². The molecule has 2 aromatic carbocycles. The van der Waals surface area contributed by atoms with Crippen LogP contribution in [-0.4, -0.2) is 11.8 Å². The van der Waals surface area contributed by atoms with Crippen LogP contribution in [-0.2, 0) is 9.59 Å². The minimum Gasteiger partial charge on any atom is -0.457 e. The maximum Gasteiger partial charge on any atom is 0.282 e. The van der Waals surface area contributed by atoms with Crippen molar-refractivity contribution >= 4 is 23.6 Å². The highest BCUT2D eigenvalue weighted by molar-refractivity contribution is 6.31. The summed E-state index contributed by atoms with van der Waals surface area (Å²) in [6.07, 6.45) is 1.47. The Morgan fingerprint density at radius 1 is 0.840 bits per heavy atom. The summed E-state index contributed by atoms with van der Waals surface area (Å²) in [6, 6.07) is 22.1. The molecule has 1 aliphatic heterocycles. The highest BCUT2D eigenvalue weighted by atomic mass is 16.3. The third kappa shape index (κ3) is 2.83. The third-order valence-corrected chi connectivity index (χ3v) is 3.88. The van der Waals surface area contributed by atoms with Crippen molar-refractivity contribution in [2.24, 2.45) is 0 Å². The number of furan rings is 1. The number of amides is 2. The second kappa shape index (κ2) is 6.13. The smallest absolute Gasteiger partial charge is 0.282 e. The Kier molecular flexibility index (Phi) is 3.67. The van der Waals surface area contributed by atoms with Crippen molar-refractivity contribution in [3.8, 4) is 11.3 Å². The van der Waals surface area contributed by atoms with Crippen LogP contribution in [0.1, 0.15) is 5.76 Å². The van der Waals surface area contributed by atoms with Gasteiger partial charge in [0.25, 0.3) is 11.8 Å². The molecule has 1 aliphatic rings. The van der Waals surface area contributed by atoms with Crippen molar-refractivity contribution < 1.29 is 14.0 Å². The number of benzene rings is 2. The molecule has 5 heteroatoms. The Morgan fingerprint density at radius 3 is 2.24 bits per heavy atom. The van der Waals surface area contributed by atoms with Crippen LogP contribution in [0.3, 0.4) is 0 Å². The van der Waals surface area contributed by atoms with Crippen LogP contribution in [0.2, 0.25) is 0 Å². The SMILES string of the molecule is O=C1NN(c2ccccc2)C(=O)/C1=C\c1ccc(-c2ccccc2)o1. The van der Waals surface area contributed by atoms with Crippen LogP contribution in [0.15, 0.2) is 82.8 Å². The first-order chi connectivity index (χ1) is 12.2. The van der Waals surface area contributed by atoms with Crippen LogP contribution in [0, 0.1) is 0 Å². The fraction of sp³-hybridized carbons (Fsp3) is 0. The molecule has 0 spiro atoms. The Labute approximate surface area is 144 Å². The van der Waals surface area contributed by atoms with Gasteiger partial charge in [0.2, 0.25) is 0 Å². The Balaban J connectivity index is 1.63. The lowest BCUT2D eigenvalue weighted by molar-refractivity contribution is -0.117. The molecule has 1 aromatic heterocycles. The predicted molar refractivity (Wildman–Crippen MR) is 94.2 cm³/mol. The number of hydrazine groups is 1. The van der Waals surface area contributed by atoms with Crippen LogP contribution in [0.4, 0.5) is 5.69 Å². The van der Waals surface area contributed by atoms with Gasteiger partial charge >= 0.3 is 0 Å². The molecule has 0 saturated carbocycles. The minimum atomic E-state index is -0.452. The zero-order valence-corrected chi connectivity index (χ0v) is 13.2. The van der Waals surface area contributed by atoms with Crippen molar-refractivity contribution in [2.75, 3.05) is 5.01 Å². The molecule has 0 radical (unpaired) electrons. The Hall–Kier alpha value is -3.60. The summed E-state index contributed by atoms with van der Waals surface area (Å²) in [7, 11) is 0. The molecule has 122 valence electrons. The van der Waals surface area contributed by atoms with Gasteiger partial charge in [0.05, 0.1) is 5.69 Å². The third-order valence-electron chi connectivity index (χ3n) is 3.88.